The van der Waals surface area contributed by atoms with Crippen LogP contribution in [0.4, 0.5) is 0 Å². The van der Waals surface area contributed by atoms with Crippen LogP contribution in [0.3, 0.4) is 0 Å². The standard InChI is InChI=1S/C11H18N4O/c1-14-5-4-13-11(14)8-10(16)9-15-6-2-12-3-7-15/h4-5,12H,2-3,6-9H2,1H3. The molecule has 16 heavy (non-hydrogen) atoms. The summed E-state index contributed by atoms with van der Waals surface area (Å²) in [7, 11) is 1.92. The molecule has 0 bridgehead atoms. The molecule has 1 N–H and O–H groups in total. The minimum Gasteiger partial charge on any atom is -0.338 e. The van der Waals surface area contributed by atoms with Crippen LogP contribution in [0.5, 0.6) is 0 Å². The zero-order valence-corrected chi connectivity index (χ0v) is 9.65. The zero-order valence-electron chi connectivity index (χ0n) is 9.65. The van der Waals surface area contributed by atoms with E-state index in [1.165, 1.54) is 0 Å². The molecule has 0 atom stereocenters. The summed E-state index contributed by atoms with van der Waals surface area (Å²) in [5.41, 5.74) is 0. The van der Waals surface area contributed by atoms with Crippen LogP contribution in [0.15, 0.2) is 12.4 Å². The monoisotopic (exact) mass is 222 g/mol. The minimum absolute atomic E-state index is 0.246. The number of hydrogen-bond acceptors (Lipinski definition) is 4. The number of carbonyl (C=O) groups is 1. The van der Waals surface area contributed by atoms with Crippen molar-refractivity contribution in [3.63, 3.8) is 0 Å². The number of rotatable bonds is 4. The van der Waals surface area contributed by atoms with E-state index in [2.05, 4.69) is 15.2 Å². The van der Waals surface area contributed by atoms with Gasteiger partial charge in [0.2, 0.25) is 0 Å². The molecule has 0 amide bonds. The average molecular weight is 222 g/mol. The molecule has 5 heteroatoms. The van der Waals surface area contributed by atoms with Gasteiger partial charge in [-0.3, -0.25) is 9.69 Å². The lowest BCUT2D eigenvalue weighted by Crippen LogP contribution is -2.45. The van der Waals surface area contributed by atoms with Crippen molar-refractivity contribution >= 4 is 5.78 Å². The number of ketones is 1. The summed E-state index contributed by atoms with van der Waals surface area (Å²) in [5.74, 6) is 1.09. The van der Waals surface area contributed by atoms with Gasteiger partial charge in [0.05, 0.1) is 13.0 Å². The molecule has 2 rings (SSSR count). The number of piperazine rings is 1. The zero-order chi connectivity index (χ0) is 11.4. The molecular formula is C11H18N4O. The van der Waals surface area contributed by atoms with Gasteiger partial charge >= 0.3 is 0 Å². The van der Waals surface area contributed by atoms with Crippen molar-refractivity contribution in [1.82, 2.24) is 19.8 Å². The van der Waals surface area contributed by atoms with Crippen LogP contribution in [-0.2, 0) is 18.3 Å². The van der Waals surface area contributed by atoms with Crippen molar-refractivity contribution in [2.75, 3.05) is 32.7 Å². The maximum atomic E-state index is 11.8. The fourth-order valence-corrected chi connectivity index (χ4v) is 1.92. The molecule has 1 saturated heterocycles. The van der Waals surface area contributed by atoms with E-state index in [4.69, 9.17) is 0 Å². The van der Waals surface area contributed by atoms with E-state index in [1.807, 2.05) is 17.8 Å². The van der Waals surface area contributed by atoms with Crippen molar-refractivity contribution in [3.8, 4) is 0 Å². The molecule has 5 nitrogen and oxygen atoms in total. The van der Waals surface area contributed by atoms with Gasteiger partial charge in [0.1, 0.15) is 5.82 Å². The van der Waals surface area contributed by atoms with E-state index in [0.29, 0.717) is 13.0 Å². The van der Waals surface area contributed by atoms with Gasteiger partial charge in [-0.1, -0.05) is 0 Å². The first kappa shape index (κ1) is 11.3. The van der Waals surface area contributed by atoms with Gasteiger partial charge in [-0.15, -0.1) is 0 Å². The quantitative estimate of drug-likeness (QED) is 0.742. The Morgan fingerprint density at radius 1 is 1.50 bits per heavy atom. The highest BCUT2D eigenvalue weighted by Gasteiger charge is 2.14. The highest BCUT2D eigenvalue weighted by Crippen LogP contribution is 1.99. The fourth-order valence-electron chi connectivity index (χ4n) is 1.92. The number of imidazole rings is 1. The summed E-state index contributed by atoms with van der Waals surface area (Å²) in [6.07, 6.45) is 4.04. The average Bonchev–Trinajstić information content (AvgIpc) is 2.66. The summed E-state index contributed by atoms with van der Waals surface area (Å²) in [4.78, 5) is 18.2. The summed E-state index contributed by atoms with van der Waals surface area (Å²) in [6.45, 7) is 4.44. The molecule has 88 valence electrons. The molecule has 1 aliphatic heterocycles. The van der Waals surface area contributed by atoms with Crippen LogP contribution in [0.1, 0.15) is 5.82 Å². The summed E-state index contributed by atoms with van der Waals surface area (Å²) in [6, 6.07) is 0. The summed E-state index contributed by atoms with van der Waals surface area (Å²) < 4.78 is 1.90. The van der Waals surface area contributed by atoms with E-state index >= 15 is 0 Å². The summed E-state index contributed by atoms with van der Waals surface area (Å²) in [5, 5.41) is 3.27. The van der Waals surface area contributed by atoms with Gasteiger partial charge in [0.25, 0.3) is 0 Å². The number of hydrogen-bond donors (Lipinski definition) is 1. The Hall–Kier alpha value is -1.20. The number of nitrogens with zero attached hydrogens (tertiary/aromatic N) is 3. The predicted octanol–water partition coefficient (Wildman–Crippen LogP) is -0.563. The van der Waals surface area contributed by atoms with Crippen molar-refractivity contribution in [1.29, 1.82) is 0 Å². The van der Waals surface area contributed by atoms with Crippen molar-refractivity contribution < 1.29 is 4.79 Å². The second-order valence-corrected chi connectivity index (χ2v) is 4.20. The molecule has 0 unspecified atom stereocenters. The van der Waals surface area contributed by atoms with Crippen molar-refractivity contribution in [2.45, 2.75) is 6.42 Å². The number of carbonyl (C=O) groups excluding carboxylic acids is 1. The fraction of sp³-hybridized carbons (Fsp3) is 0.636. The lowest BCUT2D eigenvalue weighted by molar-refractivity contribution is -0.119. The Kier molecular flexibility index (Phi) is 3.69. The van der Waals surface area contributed by atoms with Gasteiger partial charge in [-0.05, 0) is 0 Å². The number of aryl methyl sites for hydroxylation is 1. The van der Waals surface area contributed by atoms with Crippen molar-refractivity contribution in [2.24, 2.45) is 7.05 Å². The Morgan fingerprint density at radius 3 is 2.88 bits per heavy atom. The second kappa shape index (κ2) is 5.23. The smallest absolute Gasteiger partial charge is 0.154 e. The van der Waals surface area contributed by atoms with Gasteiger partial charge in [0.15, 0.2) is 5.78 Å². The highest BCUT2D eigenvalue weighted by molar-refractivity contribution is 5.82. The van der Waals surface area contributed by atoms with E-state index in [9.17, 15) is 4.79 Å². The third-order valence-electron chi connectivity index (χ3n) is 2.89. The molecule has 1 aromatic heterocycles. The lowest BCUT2D eigenvalue weighted by Gasteiger charge is -2.26. The van der Waals surface area contributed by atoms with E-state index in [0.717, 1.165) is 32.0 Å². The normalized spacial score (nSPS) is 17.6. The lowest BCUT2D eigenvalue weighted by atomic mass is 10.2. The molecule has 1 aliphatic rings. The topological polar surface area (TPSA) is 50.2 Å². The van der Waals surface area contributed by atoms with Crippen LogP contribution < -0.4 is 5.32 Å². The Balaban J connectivity index is 1.82. The van der Waals surface area contributed by atoms with Crippen LogP contribution in [-0.4, -0.2) is 53.0 Å². The third kappa shape index (κ3) is 2.90. The maximum absolute atomic E-state index is 11.8. The van der Waals surface area contributed by atoms with Crippen LogP contribution in [0.2, 0.25) is 0 Å². The largest absolute Gasteiger partial charge is 0.338 e. The second-order valence-electron chi connectivity index (χ2n) is 4.20. The Labute approximate surface area is 95.5 Å². The molecule has 1 fully saturated rings. The molecular weight excluding hydrogens is 204 g/mol. The molecule has 0 spiro atoms. The van der Waals surface area contributed by atoms with E-state index in [1.54, 1.807) is 6.20 Å². The van der Waals surface area contributed by atoms with E-state index in [-0.39, 0.29) is 5.78 Å². The number of nitrogens with one attached hydrogen (secondary N) is 1. The molecule has 0 radical (unpaired) electrons. The highest BCUT2D eigenvalue weighted by atomic mass is 16.1. The van der Waals surface area contributed by atoms with Crippen LogP contribution in [0.25, 0.3) is 0 Å². The maximum Gasteiger partial charge on any atom is 0.154 e. The first-order chi connectivity index (χ1) is 7.75. The van der Waals surface area contributed by atoms with Gasteiger partial charge in [0, 0.05) is 45.6 Å². The molecule has 0 aliphatic carbocycles. The van der Waals surface area contributed by atoms with Crippen molar-refractivity contribution in [3.05, 3.63) is 18.2 Å². The Morgan fingerprint density at radius 2 is 2.25 bits per heavy atom. The first-order valence-electron chi connectivity index (χ1n) is 5.66. The molecule has 0 aromatic carbocycles. The molecule has 0 saturated carbocycles. The Bertz CT molecular complexity index is 355. The van der Waals surface area contributed by atoms with Gasteiger partial charge in [-0.2, -0.15) is 0 Å². The SMILES string of the molecule is Cn1ccnc1CC(=O)CN1CCNCC1. The number of aromatic nitrogens is 2. The van der Waals surface area contributed by atoms with Crippen LogP contribution >= 0.6 is 0 Å². The molecule has 1 aromatic rings. The minimum atomic E-state index is 0.246. The van der Waals surface area contributed by atoms with Gasteiger partial charge in [-0.25, -0.2) is 4.98 Å². The predicted molar refractivity (Wildman–Crippen MR) is 61.2 cm³/mol. The first-order valence-corrected chi connectivity index (χ1v) is 5.66. The van der Waals surface area contributed by atoms with Gasteiger partial charge < -0.3 is 9.88 Å². The number of Topliss-reactive ketones (excluding diaryl/α,β-unsaturated/α-hetero) is 1. The van der Waals surface area contributed by atoms with Crippen LogP contribution in [0, 0.1) is 0 Å². The van der Waals surface area contributed by atoms with E-state index < -0.39 is 0 Å². The third-order valence-corrected chi connectivity index (χ3v) is 2.89. The molecule has 2 heterocycles. The summed E-state index contributed by atoms with van der Waals surface area (Å²) >= 11 is 0.